The summed E-state index contributed by atoms with van der Waals surface area (Å²) in [6, 6.07) is 14.8. The number of piperidine rings is 1. The van der Waals surface area contributed by atoms with Crippen molar-refractivity contribution in [3.63, 3.8) is 0 Å². The minimum Gasteiger partial charge on any atom is -0.327 e. The van der Waals surface area contributed by atoms with Crippen molar-refractivity contribution in [2.45, 2.75) is 30.5 Å². The second-order valence-electron chi connectivity index (χ2n) is 9.18. The van der Waals surface area contributed by atoms with Crippen LogP contribution in [0.1, 0.15) is 23.5 Å². The number of amides is 1. The molecule has 2 atom stereocenters. The van der Waals surface area contributed by atoms with Gasteiger partial charge in [-0.3, -0.25) is 4.79 Å². The number of nitrogens with zero attached hydrogens (tertiary/aromatic N) is 6. The molecule has 0 unspecified atom stereocenters. The number of aromatic nitrogens is 4. The van der Waals surface area contributed by atoms with Gasteiger partial charge in [-0.1, -0.05) is 47.7 Å². The van der Waals surface area contributed by atoms with Crippen LogP contribution in [0.5, 0.6) is 0 Å². The molecule has 168 valence electrons. The van der Waals surface area contributed by atoms with Gasteiger partial charge in [0.25, 0.3) is 0 Å². The predicted molar refractivity (Wildman–Crippen MR) is 132 cm³/mol. The van der Waals surface area contributed by atoms with Gasteiger partial charge >= 0.3 is 0 Å². The molecule has 33 heavy (non-hydrogen) atoms. The summed E-state index contributed by atoms with van der Waals surface area (Å²) in [5.41, 5.74) is 6.27. The van der Waals surface area contributed by atoms with Gasteiger partial charge in [-0.15, -0.1) is 10.2 Å². The van der Waals surface area contributed by atoms with Gasteiger partial charge in [-0.05, 0) is 44.6 Å². The number of thioether (sulfide) groups is 1. The van der Waals surface area contributed by atoms with Gasteiger partial charge in [0.15, 0.2) is 5.65 Å². The smallest absolute Gasteiger partial charge is 0.237 e. The van der Waals surface area contributed by atoms with Gasteiger partial charge < -0.3 is 14.4 Å². The number of likely N-dealkylation sites (N-methyl/N-ethyl adjacent to an activating group) is 1. The Morgan fingerprint density at radius 3 is 2.88 bits per heavy atom. The van der Waals surface area contributed by atoms with E-state index in [0.29, 0.717) is 16.8 Å². The second kappa shape index (κ2) is 7.81. The van der Waals surface area contributed by atoms with Crippen molar-refractivity contribution >= 4 is 45.4 Å². The molecule has 2 aliphatic heterocycles. The first-order valence-electron chi connectivity index (χ1n) is 11.3. The molecule has 6 rings (SSSR count). The van der Waals surface area contributed by atoms with Crippen molar-refractivity contribution in [2.75, 3.05) is 30.8 Å². The minimum absolute atomic E-state index is 0.114. The monoisotopic (exact) mass is 458 g/mol. The zero-order valence-electron chi connectivity index (χ0n) is 19.0. The highest BCUT2D eigenvalue weighted by atomic mass is 32.2. The van der Waals surface area contributed by atoms with E-state index in [1.54, 1.807) is 0 Å². The number of fused-ring (bicyclic) bond motifs is 6. The average Bonchev–Trinajstić information content (AvgIpc) is 3.29. The van der Waals surface area contributed by atoms with Crippen LogP contribution < -0.4 is 4.90 Å². The maximum Gasteiger partial charge on any atom is 0.237 e. The topological polar surface area (TPSA) is 67.2 Å². The van der Waals surface area contributed by atoms with Crippen molar-refractivity contribution in [3.05, 3.63) is 53.6 Å². The fraction of sp³-hybridized carbons (Fsp3) is 0.360. The Bertz CT molecular complexity index is 1400. The largest absolute Gasteiger partial charge is 0.327 e. The van der Waals surface area contributed by atoms with Crippen LogP contribution in [0.4, 0.5) is 5.69 Å². The van der Waals surface area contributed by atoms with E-state index in [1.807, 2.05) is 34.7 Å². The molecule has 0 spiro atoms. The third-order valence-corrected chi connectivity index (χ3v) is 7.86. The molecule has 0 bridgehead atoms. The maximum absolute atomic E-state index is 13.5. The third-order valence-electron chi connectivity index (χ3n) is 7.03. The summed E-state index contributed by atoms with van der Waals surface area (Å²) in [6.45, 7) is 4.12. The van der Waals surface area contributed by atoms with E-state index < -0.39 is 0 Å². The highest BCUT2D eigenvalue weighted by Crippen LogP contribution is 2.45. The molecule has 0 N–H and O–H groups in total. The first-order chi connectivity index (χ1) is 16.0. The summed E-state index contributed by atoms with van der Waals surface area (Å²) in [5, 5.41) is 10.3. The van der Waals surface area contributed by atoms with Crippen LogP contribution in [0.3, 0.4) is 0 Å². The first kappa shape index (κ1) is 20.6. The summed E-state index contributed by atoms with van der Waals surface area (Å²) in [5.74, 6) is 0.782. The Kier molecular flexibility index (Phi) is 4.88. The standard InChI is InChI=1S/C25H26N6OS/c1-15-8-9-20-17(12-15)18-13-29(2)11-10-21(18)31(20)22(32)14-33-25-26-24-23(27-28-25)16-6-4-5-7-19(16)30(24)3/h4-9,12,18,21H,10-11,13-14H2,1-3H3/t18-,21+/m0/s1. The van der Waals surface area contributed by atoms with Crippen LogP contribution in [0.15, 0.2) is 47.6 Å². The number of hydrogen-bond acceptors (Lipinski definition) is 6. The maximum atomic E-state index is 13.5. The minimum atomic E-state index is 0.114. The van der Waals surface area contributed by atoms with E-state index in [0.717, 1.165) is 47.3 Å². The van der Waals surface area contributed by atoms with Crippen LogP contribution >= 0.6 is 11.8 Å². The molecule has 0 saturated carbocycles. The lowest BCUT2D eigenvalue weighted by atomic mass is 9.89. The molecule has 7 nitrogen and oxygen atoms in total. The Morgan fingerprint density at radius 2 is 2.00 bits per heavy atom. The molecule has 0 radical (unpaired) electrons. The fourth-order valence-corrected chi connectivity index (χ4v) is 6.10. The van der Waals surface area contributed by atoms with Gasteiger partial charge in [0.2, 0.25) is 11.1 Å². The number of carbonyl (C=O) groups is 1. The van der Waals surface area contributed by atoms with Crippen LogP contribution in [0, 0.1) is 6.92 Å². The quantitative estimate of drug-likeness (QED) is 0.436. The normalized spacial score (nSPS) is 20.4. The number of anilines is 1. The molecule has 8 heteroatoms. The Balaban J connectivity index is 1.27. The van der Waals surface area contributed by atoms with Crippen molar-refractivity contribution < 1.29 is 4.79 Å². The van der Waals surface area contributed by atoms with E-state index in [2.05, 4.69) is 53.3 Å². The predicted octanol–water partition coefficient (Wildman–Crippen LogP) is 3.75. The van der Waals surface area contributed by atoms with Gasteiger partial charge in [0.1, 0.15) is 5.52 Å². The summed E-state index contributed by atoms with van der Waals surface area (Å²) < 4.78 is 2.04. The van der Waals surface area contributed by atoms with E-state index in [-0.39, 0.29) is 11.9 Å². The zero-order chi connectivity index (χ0) is 22.7. The van der Waals surface area contributed by atoms with E-state index in [9.17, 15) is 4.79 Å². The molecular weight excluding hydrogens is 432 g/mol. The number of hydrogen-bond donors (Lipinski definition) is 0. The summed E-state index contributed by atoms with van der Waals surface area (Å²) >= 11 is 1.37. The van der Waals surface area contributed by atoms with Gasteiger partial charge in [-0.2, -0.15) is 0 Å². The lowest BCUT2D eigenvalue weighted by molar-refractivity contribution is -0.116. The number of aryl methyl sites for hydroxylation is 2. The van der Waals surface area contributed by atoms with Gasteiger partial charge in [0.05, 0.1) is 11.3 Å². The Morgan fingerprint density at radius 1 is 1.15 bits per heavy atom. The SMILES string of the molecule is Cc1ccc2c(c1)[C@@H]1CN(C)CC[C@H]1N2C(=O)CSc1nnc2c3ccccc3n(C)c2n1. The van der Waals surface area contributed by atoms with E-state index in [4.69, 9.17) is 4.98 Å². The van der Waals surface area contributed by atoms with Crippen LogP contribution in [0.2, 0.25) is 0 Å². The number of para-hydroxylation sites is 1. The van der Waals surface area contributed by atoms with E-state index in [1.165, 1.54) is 22.9 Å². The highest BCUT2D eigenvalue weighted by molar-refractivity contribution is 7.99. The average molecular weight is 459 g/mol. The number of likely N-dealkylation sites (tertiary alicyclic amines) is 1. The summed E-state index contributed by atoms with van der Waals surface area (Å²) in [6.07, 6.45) is 0.991. The number of benzene rings is 2. The molecule has 2 aliphatic rings. The molecule has 4 aromatic rings. The van der Waals surface area contributed by atoms with Crippen molar-refractivity contribution in [1.29, 1.82) is 0 Å². The van der Waals surface area contributed by atoms with Crippen LogP contribution in [0.25, 0.3) is 22.1 Å². The third kappa shape index (κ3) is 3.31. The molecule has 0 aliphatic carbocycles. The van der Waals surface area contributed by atoms with Crippen molar-refractivity contribution in [1.82, 2.24) is 24.6 Å². The molecule has 1 saturated heterocycles. The molecular formula is C25H26N6OS. The molecule has 2 aromatic heterocycles. The number of rotatable bonds is 3. The van der Waals surface area contributed by atoms with E-state index >= 15 is 0 Å². The molecule has 4 heterocycles. The van der Waals surface area contributed by atoms with Crippen LogP contribution in [-0.2, 0) is 11.8 Å². The van der Waals surface area contributed by atoms with Crippen molar-refractivity contribution in [3.8, 4) is 0 Å². The molecule has 2 aromatic carbocycles. The summed E-state index contributed by atoms with van der Waals surface area (Å²) in [7, 11) is 4.15. The first-order valence-corrected chi connectivity index (χ1v) is 12.3. The zero-order valence-corrected chi connectivity index (χ0v) is 19.8. The van der Waals surface area contributed by atoms with Gasteiger partial charge in [0, 0.05) is 36.6 Å². The second-order valence-corrected chi connectivity index (χ2v) is 10.1. The molecule has 1 amide bonds. The van der Waals surface area contributed by atoms with Crippen molar-refractivity contribution in [2.24, 2.45) is 7.05 Å². The summed E-state index contributed by atoms with van der Waals surface area (Å²) in [4.78, 5) is 22.6. The Labute approximate surface area is 196 Å². The highest BCUT2D eigenvalue weighted by Gasteiger charge is 2.43. The Hall–Kier alpha value is -2.97. The fourth-order valence-electron chi connectivity index (χ4n) is 5.45. The number of carbonyl (C=O) groups excluding carboxylic acids is 1. The lowest BCUT2D eigenvalue weighted by Crippen LogP contribution is -2.47. The lowest BCUT2D eigenvalue weighted by Gasteiger charge is -2.36. The van der Waals surface area contributed by atoms with Gasteiger partial charge in [-0.25, -0.2) is 4.98 Å². The molecule has 1 fully saturated rings. The van der Waals surface area contributed by atoms with Crippen LogP contribution in [-0.4, -0.2) is 62.5 Å².